The third kappa shape index (κ3) is 7.02. The van der Waals surface area contributed by atoms with E-state index in [0.717, 1.165) is 5.56 Å². The van der Waals surface area contributed by atoms with Crippen molar-refractivity contribution in [2.75, 3.05) is 18.5 Å². The quantitative estimate of drug-likeness (QED) is 0.365. The molecule has 0 saturated carbocycles. The predicted molar refractivity (Wildman–Crippen MR) is 119 cm³/mol. The van der Waals surface area contributed by atoms with Crippen LogP contribution >= 0.6 is 0 Å². The van der Waals surface area contributed by atoms with E-state index >= 15 is 0 Å². The Bertz CT molecular complexity index is 941. The van der Waals surface area contributed by atoms with Crippen molar-refractivity contribution in [3.63, 3.8) is 0 Å². The smallest absolute Gasteiger partial charge is 0.319 e. The van der Waals surface area contributed by atoms with Gasteiger partial charge < -0.3 is 20.1 Å². The van der Waals surface area contributed by atoms with Crippen molar-refractivity contribution >= 4 is 23.6 Å². The Labute approximate surface area is 177 Å². The molecule has 156 valence electrons. The van der Waals surface area contributed by atoms with Gasteiger partial charge in [0, 0.05) is 17.3 Å². The van der Waals surface area contributed by atoms with Gasteiger partial charge in [-0.2, -0.15) is 0 Å². The van der Waals surface area contributed by atoms with E-state index in [1.165, 1.54) is 6.08 Å². The predicted octanol–water partition coefficient (Wildman–Crippen LogP) is 4.52. The number of nitrogens with one attached hydrogen (secondary N) is 2. The number of anilines is 1. The Morgan fingerprint density at radius 3 is 2.47 bits per heavy atom. The first kappa shape index (κ1) is 22.6. The zero-order valence-corrected chi connectivity index (χ0v) is 17.4. The summed E-state index contributed by atoms with van der Waals surface area (Å²) < 4.78 is 11.0. The molecule has 6 nitrogen and oxygen atoms in total. The molecule has 30 heavy (non-hydrogen) atoms. The van der Waals surface area contributed by atoms with Gasteiger partial charge >= 0.3 is 6.03 Å². The van der Waals surface area contributed by atoms with Crippen LogP contribution in [0.3, 0.4) is 0 Å². The highest BCUT2D eigenvalue weighted by molar-refractivity contribution is 6.07. The van der Waals surface area contributed by atoms with E-state index < -0.39 is 0 Å². The average Bonchev–Trinajstić information content (AvgIpc) is 2.71. The summed E-state index contributed by atoms with van der Waals surface area (Å²) in [6, 6.07) is 11.8. The molecule has 0 saturated heterocycles. The molecule has 0 aliphatic carbocycles. The fourth-order valence-electron chi connectivity index (χ4n) is 2.55. The van der Waals surface area contributed by atoms with E-state index in [2.05, 4.69) is 16.6 Å². The maximum Gasteiger partial charge on any atom is 0.319 e. The maximum atomic E-state index is 12.5. The van der Waals surface area contributed by atoms with Gasteiger partial charge in [-0.15, -0.1) is 6.42 Å². The molecule has 2 rings (SSSR count). The minimum atomic E-state index is -0.288. The van der Waals surface area contributed by atoms with Gasteiger partial charge in [-0.05, 0) is 68.8 Å². The number of ketones is 1. The molecule has 0 spiro atoms. The van der Waals surface area contributed by atoms with Crippen LogP contribution in [0.15, 0.2) is 48.5 Å². The lowest BCUT2D eigenvalue weighted by molar-refractivity contribution is 0.104. The zero-order chi connectivity index (χ0) is 21.9. The number of terminal acetylenes is 1. The van der Waals surface area contributed by atoms with Gasteiger partial charge in [0.1, 0.15) is 6.61 Å². The molecule has 0 aliphatic heterocycles. The topological polar surface area (TPSA) is 76.7 Å². The lowest BCUT2D eigenvalue weighted by Gasteiger charge is -2.11. The molecule has 2 aromatic rings. The molecule has 0 heterocycles. The van der Waals surface area contributed by atoms with Crippen molar-refractivity contribution in [3.8, 4) is 23.8 Å². The first-order chi connectivity index (χ1) is 14.4. The second kappa shape index (κ2) is 11.3. The molecule has 2 N–H and O–H groups in total. The van der Waals surface area contributed by atoms with Crippen LogP contribution in [0.5, 0.6) is 11.5 Å². The van der Waals surface area contributed by atoms with Crippen molar-refractivity contribution in [3.05, 3.63) is 59.7 Å². The van der Waals surface area contributed by atoms with Gasteiger partial charge in [0.25, 0.3) is 0 Å². The molecule has 0 aliphatic rings. The van der Waals surface area contributed by atoms with E-state index in [0.29, 0.717) is 29.4 Å². The van der Waals surface area contributed by atoms with Crippen LogP contribution < -0.4 is 20.1 Å². The second-order valence-corrected chi connectivity index (χ2v) is 6.66. The SMILES string of the molecule is C#CCOc1ccc(/C=C/C(=O)c2ccc(NC(=O)NC(C)C)cc2)cc1OCC. The van der Waals surface area contributed by atoms with Crippen LogP contribution in [0.4, 0.5) is 10.5 Å². The highest BCUT2D eigenvalue weighted by atomic mass is 16.5. The first-order valence-corrected chi connectivity index (χ1v) is 9.66. The summed E-state index contributed by atoms with van der Waals surface area (Å²) in [6.45, 7) is 6.26. The van der Waals surface area contributed by atoms with Crippen LogP contribution in [0.25, 0.3) is 6.08 Å². The maximum absolute atomic E-state index is 12.5. The molecule has 6 heteroatoms. The zero-order valence-electron chi connectivity index (χ0n) is 17.4. The summed E-state index contributed by atoms with van der Waals surface area (Å²) in [5, 5.41) is 5.46. The summed E-state index contributed by atoms with van der Waals surface area (Å²) in [5.74, 6) is 3.39. The number of allylic oxidation sites excluding steroid dienone is 1. The molecule has 0 aromatic heterocycles. The minimum Gasteiger partial charge on any atom is -0.490 e. The largest absolute Gasteiger partial charge is 0.490 e. The Morgan fingerprint density at radius 2 is 1.83 bits per heavy atom. The Balaban J connectivity index is 2.05. The lowest BCUT2D eigenvalue weighted by Crippen LogP contribution is -2.34. The fraction of sp³-hybridized carbons (Fsp3) is 0.250. The number of benzene rings is 2. The van der Waals surface area contributed by atoms with E-state index in [9.17, 15) is 9.59 Å². The van der Waals surface area contributed by atoms with E-state index in [1.807, 2.05) is 26.8 Å². The molecule has 0 radical (unpaired) electrons. The number of carbonyl (C=O) groups excluding carboxylic acids is 2. The standard InChI is InChI=1S/C24H26N2O4/c1-5-15-30-22-14-8-18(16-23(22)29-6-2)7-13-21(27)19-9-11-20(12-10-19)26-24(28)25-17(3)4/h1,7-14,16-17H,6,15H2,2-4H3,(H2,25,26,28)/b13-7+. The third-order valence-electron chi connectivity index (χ3n) is 3.85. The van der Waals surface area contributed by atoms with Crippen LogP contribution in [0.2, 0.25) is 0 Å². The van der Waals surface area contributed by atoms with Crippen molar-refractivity contribution in [2.45, 2.75) is 26.8 Å². The Hall–Kier alpha value is -3.72. The molecule has 0 atom stereocenters. The summed E-state index contributed by atoms with van der Waals surface area (Å²) in [4.78, 5) is 24.2. The molecular weight excluding hydrogens is 380 g/mol. The molecule has 2 aromatic carbocycles. The molecule has 2 amide bonds. The van der Waals surface area contributed by atoms with Crippen LogP contribution in [0.1, 0.15) is 36.7 Å². The number of ether oxygens (including phenoxy) is 2. The number of rotatable bonds is 9. The van der Waals surface area contributed by atoms with E-state index in [1.54, 1.807) is 42.5 Å². The van der Waals surface area contributed by atoms with Crippen molar-refractivity contribution < 1.29 is 19.1 Å². The van der Waals surface area contributed by atoms with Crippen molar-refractivity contribution in [1.29, 1.82) is 0 Å². The Morgan fingerprint density at radius 1 is 1.10 bits per heavy atom. The fourth-order valence-corrected chi connectivity index (χ4v) is 2.55. The Kier molecular flexibility index (Phi) is 8.52. The average molecular weight is 406 g/mol. The normalized spacial score (nSPS) is 10.5. The van der Waals surface area contributed by atoms with Crippen LogP contribution in [0, 0.1) is 12.3 Å². The van der Waals surface area contributed by atoms with Crippen molar-refractivity contribution in [1.82, 2.24) is 5.32 Å². The van der Waals surface area contributed by atoms with E-state index in [4.69, 9.17) is 15.9 Å². The minimum absolute atomic E-state index is 0.0391. The number of hydrogen-bond acceptors (Lipinski definition) is 4. The van der Waals surface area contributed by atoms with Crippen LogP contribution in [-0.2, 0) is 0 Å². The first-order valence-electron chi connectivity index (χ1n) is 9.66. The number of hydrogen-bond donors (Lipinski definition) is 2. The highest BCUT2D eigenvalue weighted by Gasteiger charge is 2.07. The molecule has 0 fully saturated rings. The molecule has 0 unspecified atom stereocenters. The summed E-state index contributed by atoms with van der Waals surface area (Å²) in [6.07, 6.45) is 8.42. The number of carbonyl (C=O) groups is 2. The van der Waals surface area contributed by atoms with Gasteiger partial charge in [0.05, 0.1) is 6.61 Å². The summed E-state index contributed by atoms with van der Waals surface area (Å²) >= 11 is 0. The lowest BCUT2D eigenvalue weighted by atomic mass is 10.1. The highest BCUT2D eigenvalue weighted by Crippen LogP contribution is 2.29. The molecular formula is C24H26N2O4. The third-order valence-corrected chi connectivity index (χ3v) is 3.85. The van der Waals surface area contributed by atoms with E-state index in [-0.39, 0.29) is 24.5 Å². The second-order valence-electron chi connectivity index (χ2n) is 6.66. The van der Waals surface area contributed by atoms with Gasteiger partial charge in [0.2, 0.25) is 0 Å². The van der Waals surface area contributed by atoms with Gasteiger partial charge in [-0.1, -0.05) is 18.1 Å². The number of amides is 2. The number of urea groups is 1. The summed E-state index contributed by atoms with van der Waals surface area (Å²) in [5.41, 5.74) is 1.92. The van der Waals surface area contributed by atoms with Gasteiger partial charge in [-0.25, -0.2) is 4.79 Å². The van der Waals surface area contributed by atoms with Gasteiger partial charge in [0.15, 0.2) is 17.3 Å². The van der Waals surface area contributed by atoms with Crippen LogP contribution in [-0.4, -0.2) is 31.1 Å². The molecule has 0 bridgehead atoms. The van der Waals surface area contributed by atoms with Gasteiger partial charge in [-0.3, -0.25) is 4.79 Å². The van der Waals surface area contributed by atoms with Crippen molar-refractivity contribution in [2.24, 2.45) is 0 Å². The summed E-state index contributed by atoms with van der Waals surface area (Å²) in [7, 11) is 0. The monoisotopic (exact) mass is 406 g/mol.